The van der Waals surface area contributed by atoms with Gasteiger partial charge in [-0.1, -0.05) is 11.6 Å². The van der Waals surface area contributed by atoms with Crippen LogP contribution in [0.15, 0.2) is 48.5 Å². The van der Waals surface area contributed by atoms with Gasteiger partial charge in [-0.05, 0) is 55.0 Å². The molecule has 0 unspecified atom stereocenters. The van der Waals surface area contributed by atoms with Crippen molar-refractivity contribution in [1.29, 1.82) is 0 Å². The molecule has 0 fully saturated rings. The SMILES string of the molecule is COc1ccc(OC)c(NC(=O)c2ccc(Nc3ccc(Cl)cc3C)nn2)c1. The number of amides is 1. The smallest absolute Gasteiger partial charge is 0.276 e. The second-order valence-electron chi connectivity index (χ2n) is 5.91. The molecule has 3 aromatic rings. The molecule has 8 heteroatoms. The first-order valence-corrected chi connectivity index (χ1v) is 8.78. The van der Waals surface area contributed by atoms with Crippen molar-refractivity contribution < 1.29 is 14.3 Å². The molecular formula is C20H19ClN4O3. The number of benzene rings is 2. The number of anilines is 3. The summed E-state index contributed by atoms with van der Waals surface area (Å²) >= 11 is 5.97. The Bertz CT molecular complexity index is 993. The van der Waals surface area contributed by atoms with E-state index in [4.69, 9.17) is 21.1 Å². The maximum atomic E-state index is 12.5. The van der Waals surface area contributed by atoms with E-state index in [2.05, 4.69) is 20.8 Å². The third-order valence-corrected chi connectivity index (χ3v) is 4.24. The van der Waals surface area contributed by atoms with E-state index in [-0.39, 0.29) is 5.69 Å². The molecule has 144 valence electrons. The van der Waals surface area contributed by atoms with Crippen LogP contribution in [0.25, 0.3) is 0 Å². The van der Waals surface area contributed by atoms with E-state index in [1.807, 2.05) is 19.1 Å². The first-order valence-electron chi connectivity index (χ1n) is 8.40. The molecule has 0 atom stereocenters. The Morgan fingerprint density at radius 3 is 2.43 bits per heavy atom. The number of ether oxygens (including phenoxy) is 2. The highest BCUT2D eigenvalue weighted by molar-refractivity contribution is 6.30. The van der Waals surface area contributed by atoms with E-state index in [1.54, 1.807) is 43.5 Å². The zero-order valence-corrected chi connectivity index (χ0v) is 16.4. The van der Waals surface area contributed by atoms with Gasteiger partial charge in [0, 0.05) is 16.8 Å². The maximum Gasteiger partial charge on any atom is 0.276 e. The Morgan fingerprint density at radius 2 is 1.79 bits per heavy atom. The van der Waals surface area contributed by atoms with Gasteiger partial charge in [0.25, 0.3) is 5.91 Å². The highest BCUT2D eigenvalue weighted by atomic mass is 35.5. The number of methoxy groups -OCH3 is 2. The molecule has 0 radical (unpaired) electrons. The summed E-state index contributed by atoms with van der Waals surface area (Å²) in [5.41, 5.74) is 2.48. The van der Waals surface area contributed by atoms with Crippen molar-refractivity contribution in [3.8, 4) is 11.5 Å². The van der Waals surface area contributed by atoms with Gasteiger partial charge in [-0.15, -0.1) is 10.2 Å². The fourth-order valence-electron chi connectivity index (χ4n) is 2.52. The van der Waals surface area contributed by atoms with Crippen molar-refractivity contribution in [2.45, 2.75) is 6.92 Å². The van der Waals surface area contributed by atoms with Crippen molar-refractivity contribution in [3.63, 3.8) is 0 Å². The standard InChI is InChI=1S/C20H19ClN4O3/c1-12-10-13(21)4-6-15(12)22-19-9-7-16(24-25-19)20(26)23-17-11-14(27-2)5-8-18(17)28-3/h4-11H,1-3H3,(H,22,25)(H,23,26). The predicted molar refractivity (Wildman–Crippen MR) is 109 cm³/mol. The van der Waals surface area contributed by atoms with E-state index < -0.39 is 5.91 Å². The van der Waals surface area contributed by atoms with Gasteiger partial charge in [-0.3, -0.25) is 4.79 Å². The Kier molecular flexibility index (Phi) is 5.96. The Morgan fingerprint density at radius 1 is 0.964 bits per heavy atom. The number of hydrogen-bond donors (Lipinski definition) is 2. The topological polar surface area (TPSA) is 85.4 Å². The van der Waals surface area contributed by atoms with Crippen LogP contribution in [-0.2, 0) is 0 Å². The molecule has 0 saturated heterocycles. The number of aryl methyl sites for hydroxylation is 1. The van der Waals surface area contributed by atoms with Crippen LogP contribution in [0, 0.1) is 6.92 Å². The van der Waals surface area contributed by atoms with Gasteiger partial charge in [0.1, 0.15) is 11.5 Å². The van der Waals surface area contributed by atoms with Crippen molar-refractivity contribution in [3.05, 3.63) is 64.8 Å². The highest BCUT2D eigenvalue weighted by Gasteiger charge is 2.13. The minimum Gasteiger partial charge on any atom is -0.497 e. The molecule has 28 heavy (non-hydrogen) atoms. The lowest BCUT2D eigenvalue weighted by atomic mass is 10.2. The average Bonchev–Trinajstić information content (AvgIpc) is 2.70. The summed E-state index contributed by atoms with van der Waals surface area (Å²) in [6.07, 6.45) is 0. The largest absolute Gasteiger partial charge is 0.497 e. The first-order chi connectivity index (χ1) is 13.5. The van der Waals surface area contributed by atoms with Gasteiger partial charge in [0.15, 0.2) is 11.5 Å². The van der Waals surface area contributed by atoms with Gasteiger partial charge in [-0.25, -0.2) is 0 Å². The molecule has 0 aliphatic rings. The fourth-order valence-corrected chi connectivity index (χ4v) is 2.75. The molecule has 1 aromatic heterocycles. The zero-order valence-electron chi connectivity index (χ0n) is 15.6. The van der Waals surface area contributed by atoms with Crippen LogP contribution in [0.2, 0.25) is 5.02 Å². The van der Waals surface area contributed by atoms with E-state index in [0.717, 1.165) is 11.3 Å². The van der Waals surface area contributed by atoms with Crippen molar-refractivity contribution in [1.82, 2.24) is 10.2 Å². The predicted octanol–water partition coefficient (Wildman–Crippen LogP) is 4.45. The monoisotopic (exact) mass is 398 g/mol. The van der Waals surface area contributed by atoms with Crippen LogP contribution in [0.5, 0.6) is 11.5 Å². The third-order valence-electron chi connectivity index (χ3n) is 4.00. The van der Waals surface area contributed by atoms with Gasteiger partial charge >= 0.3 is 0 Å². The van der Waals surface area contributed by atoms with Crippen LogP contribution < -0.4 is 20.1 Å². The molecule has 0 saturated carbocycles. The number of halogens is 1. The van der Waals surface area contributed by atoms with Gasteiger partial charge < -0.3 is 20.1 Å². The summed E-state index contributed by atoms with van der Waals surface area (Å²) in [5, 5.41) is 14.6. The van der Waals surface area contributed by atoms with Gasteiger partial charge in [0.2, 0.25) is 0 Å². The summed E-state index contributed by atoms with van der Waals surface area (Å²) in [7, 11) is 3.07. The number of carbonyl (C=O) groups is 1. The Balaban J connectivity index is 1.73. The van der Waals surface area contributed by atoms with E-state index in [0.29, 0.717) is 28.0 Å². The quantitative estimate of drug-likeness (QED) is 0.638. The van der Waals surface area contributed by atoms with Gasteiger partial charge in [0.05, 0.1) is 19.9 Å². The number of hydrogen-bond acceptors (Lipinski definition) is 6. The molecule has 0 spiro atoms. The molecule has 2 aromatic carbocycles. The molecular weight excluding hydrogens is 380 g/mol. The number of rotatable bonds is 6. The lowest BCUT2D eigenvalue weighted by Crippen LogP contribution is -2.15. The van der Waals surface area contributed by atoms with Crippen LogP contribution in [-0.4, -0.2) is 30.3 Å². The normalized spacial score (nSPS) is 10.3. The molecule has 0 aliphatic heterocycles. The number of nitrogens with zero attached hydrogens (tertiary/aromatic N) is 2. The van der Waals surface area contributed by atoms with Crippen molar-refractivity contribution in [2.75, 3.05) is 24.9 Å². The summed E-state index contributed by atoms with van der Waals surface area (Å²) in [5.74, 6) is 1.22. The second-order valence-corrected chi connectivity index (χ2v) is 6.34. The molecule has 7 nitrogen and oxygen atoms in total. The van der Waals surface area contributed by atoms with Gasteiger partial charge in [-0.2, -0.15) is 0 Å². The number of nitrogens with one attached hydrogen (secondary N) is 2. The summed E-state index contributed by atoms with van der Waals surface area (Å²) in [6.45, 7) is 1.94. The van der Waals surface area contributed by atoms with Crippen molar-refractivity contribution in [2.24, 2.45) is 0 Å². The first kappa shape index (κ1) is 19.4. The van der Waals surface area contributed by atoms with Crippen molar-refractivity contribution >= 4 is 34.7 Å². The van der Waals surface area contributed by atoms with Crippen LogP contribution in [0.3, 0.4) is 0 Å². The Labute approximate surface area is 167 Å². The fraction of sp³-hybridized carbons (Fsp3) is 0.150. The van der Waals surface area contributed by atoms with E-state index in [1.165, 1.54) is 7.11 Å². The summed E-state index contributed by atoms with van der Waals surface area (Å²) < 4.78 is 10.4. The Hall–Kier alpha value is -3.32. The van der Waals surface area contributed by atoms with E-state index in [9.17, 15) is 4.79 Å². The molecule has 1 amide bonds. The third kappa shape index (κ3) is 4.50. The zero-order chi connectivity index (χ0) is 20.1. The molecule has 1 heterocycles. The lowest BCUT2D eigenvalue weighted by molar-refractivity contribution is 0.102. The van der Waals surface area contributed by atoms with Crippen LogP contribution >= 0.6 is 11.6 Å². The van der Waals surface area contributed by atoms with Crippen LogP contribution in [0.4, 0.5) is 17.2 Å². The highest BCUT2D eigenvalue weighted by Crippen LogP contribution is 2.29. The lowest BCUT2D eigenvalue weighted by Gasteiger charge is -2.12. The minimum absolute atomic E-state index is 0.170. The number of carbonyl (C=O) groups excluding carboxylic acids is 1. The molecule has 3 rings (SSSR count). The maximum absolute atomic E-state index is 12.5. The minimum atomic E-state index is -0.409. The molecule has 2 N–H and O–H groups in total. The number of aromatic nitrogens is 2. The molecule has 0 aliphatic carbocycles. The van der Waals surface area contributed by atoms with E-state index >= 15 is 0 Å². The summed E-state index contributed by atoms with van der Waals surface area (Å²) in [6, 6.07) is 13.9. The average molecular weight is 399 g/mol. The second kappa shape index (κ2) is 8.58. The summed E-state index contributed by atoms with van der Waals surface area (Å²) in [4.78, 5) is 12.5. The molecule has 0 bridgehead atoms. The van der Waals surface area contributed by atoms with Crippen LogP contribution in [0.1, 0.15) is 16.1 Å².